The molecule has 0 aliphatic rings. The van der Waals surface area contributed by atoms with Crippen molar-refractivity contribution >= 4 is 43.7 Å². The summed E-state index contributed by atoms with van der Waals surface area (Å²) in [5, 5.41) is 1.26. The zero-order valence-corrected chi connectivity index (χ0v) is 29.2. The molecule has 11 rings (SSSR count). The topological polar surface area (TPSA) is 56.7 Å². The van der Waals surface area contributed by atoms with Crippen LogP contribution >= 0.6 is 0 Å². The van der Waals surface area contributed by atoms with Gasteiger partial charge in [0.25, 0.3) is 0 Å². The van der Waals surface area contributed by atoms with Crippen molar-refractivity contribution in [1.82, 2.24) is 19.5 Å². The Balaban J connectivity index is 1.30. The second-order valence-corrected chi connectivity index (χ2v) is 13.1. The molecule has 8 aromatic carbocycles. The Labute approximate surface area is 339 Å². The summed E-state index contributed by atoms with van der Waals surface area (Å²) in [6.45, 7) is 0. The van der Waals surface area contributed by atoms with Crippen LogP contribution in [-0.4, -0.2) is 19.5 Å². The monoisotopic (exact) mass is 728 g/mol. The number of fused-ring (bicyclic) bond motifs is 6. The third-order valence-corrected chi connectivity index (χ3v) is 9.80. The van der Waals surface area contributed by atoms with Gasteiger partial charge in [-0.3, -0.25) is 0 Å². The van der Waals surface area contributed by atoms with E-state index in [4.69, 9.17) is 29.0 Å². The summed E-state index contributed by atoms with van der Waals surface area (Å²) in [7, 11) is 0. The molecule has 0 saturated carbocycles. The van der Waals surface area contributed by atoms with Crippen molar-refractivity contribution in [2.24, 2.45) is 0 Å². The first kappa shape index (κ1) is 21.9. The normalized spacial score (nSPS) is 14.6. The first-order chi connectivity index (χ1) is 32.8. The third-order valence-electron chi connectivity index (χ3n) is 9.80. The zero-order chi connectivity index (χ0) is 47.4. The van der Waals surface area contributed by atoms with Crippen molar-refractivity contribution in [2.45, 2.75) is 0 Å². The SMILES string of the molecule is [2H]c1c([2H])c([2H])c(-c2c([2H])c([2H])c3c(c2[2H])c2c([2H])c([2H])c([2H])c([2H])c2n3-c2ccc(-c3ccccc3)cc2-c2nc(-c3ccccc3)nc(-c3cccc4oc5ccccc5c34)n2)c([2H])c1[2H]. The van der Waals surface area contributed by atoms with E-state index in [-0.39, 0.29) is 39.1 Å². The van der Waals surface area contributed by atoms with Crippen LogP contribution in [0, 0.1) is 0 Å². The van der Waals surface area contributed by atoms with Crippen LogP contribution in [0.1, 0.15) is 16.4 Å². The fourth-order valence-corrected chi connectivity index (χ4v) is 7.27. The van der Waals surface area contributed by atoms with Crippen molar-refractivity contribution in [3.63, 3.8) is 0 Å². The number of furan rings is 1. The minimum absolute atomic E-state index is 0.133. The van der Waals surface area contributed by atoms with E-state index in [2.05, 4.69) is 0 Å². The molecule has 56 heavy (non-hydrogen) atoms. The van der Waals surface area contributed by atoms with E-state index >= 15 is 0 Å². The molecule has 5 nitrogen and oxygen atoms in total. The van der Waals surface area contributed by atoms with Gasteiger partial charge in [0, 0.05) is 38.2 Å². The maximum Gasteiger partial charge on any atom is 0.166 e. The summed E-state index contributed by atoms with van der Waals surface area (Å²) in [4.78, 5) is 15.3. The highest BCUT2D eigenvalue weighted by molar-refractivity contribution is 6.12. The van der Waals surface area contributed by atoms with Gasteiger partial charge in [-0.05, 0) is 64.6 Å². The molecule has 3 aromatic heterocycles. The highest BCUT2D eigenvalue weighted by Gasteiger charge is 2.22. The standard InChI is InChI=1S/C51H32N4O/c1-4-15-33(16-5-1)36-27-29-44-41(31-36)38-21-10-12-24-43(38)55(44)45-30-28-37(34-17-6-2-7-18-34)32-42(45)51-53-49(35-19-8-3-9-20-35)52-50(54-51)40-23-14-26-47-48(40)39-22-11-13-25-46(39)56-47/h1-32H/i1D,4D,5D,10D,12D,15D,16D,21D,24D,27D,29D,31D. The van der Waals surface area contributed by atoms with Gasteiger partial charge in [-0.2, -0.15) is 0 Å². The predicted octanol–water partition coefficient (Wildman–Crippen LogP) is 13.2. The van der Waals surface area contributed by atoms with Crippen LogP contribution in [0.2, 0.25) is 0 Å². The Bertz CT molecular complexity index is 3920. The summed E-state index contributed by atoms with van der Waals surface area (Å²) >= 11 is 0. The molecule has 5 heteroatoms. The van der Waals surface area contributed by atoms with Gasteiger partial charge in [-0.15, -0.1) is 0 Å². The van der Waals surface area contributed by atoms with E-state index in [1.165, 1.54) is 4.57 Å². The molecule has 0 radical (unpaired) electrons. The Morgan fingerprint density at radius 3 is 1.95 bits per heavy atom. The number of aromatic nitrogens is 4. The average molecular weight is 729 g/mol. The molecule has 0 spiro atoms. The number of hydrogen-bond donors (Lipinski definition) is 0. The second kappa shape index (κ2) is 13.0. The minimum Gasteiger partial charge on any atom is -0.456 e. The molecule has 3 heterocycles. The van der Waals surface area contributed by atoms with Gasteiger partial charge in [0.15, 0.2) is 17.5 Å². The summed E-state index contributed by atoms with van der Waals surface area (Å²) in [5.41, 5.74) is 3.46. The second-order valence-electron chi connectivity index (χ2n) is 13.1. The van der Waals surface area contributed by atoms with E-state index in [9.17, 15) is 6.85 Å². The lowest BCUT2D eigenvalue weighted by atomic mass is 10.0. The fourth-order valence-electron chi connectivity index (χ4n) is 7.27. The summed E-state index contributed by atoms with van der Waals surface area (Å²) in [5.74, 6) is 0.737. The predicted molar refractivity (Wildman–Crippen MR) is 229 cm³/mol. The smallest absolute Gasteiger partial charge is 0.166 e. The molecule has 0 atom stereocenters. The largest absolute Gasteiger partial charge is 0.456 e. The van der Waals surface area contributed by atoms with Crippen molar-refractivity contribution < 1.29 is 20.9 Å². The highest BCUT2D eigenvalue weighted by Crippen LogP contribution is 2.41. The molecule has 11 aromatic rings. The first-order valence-corrected chi connectivity index (χ1v) is 17.8. The van der Waals surface area contributed by atoms with Crippen LogP contribution in [0.25, 0.3) is 106 Å². The number of hydrogen-bond acceptors (Lipinski definition) is 4. The molecule has 0 fully saturated rings. The van der Waals surface area contributed by atoms with Crippen molar-refractivity contribution in [2.75, 3.05) is 0 Å². The fraction of sp³-hybridized carbons (Fsp3) is 0. The third kappa shape index (κ3) is 5.29. The number of benzene rings is 8. The Morgan fingerprint density at radius 2 is 1.11 bits per heavy atom. The van der Waals surface area contributed by atoms with Gasteiger partial charge in [0.2, 0.25) is 0 Å². The van der Waals surface area contributed by atoms with E-state index in [0.717, 1.165) is 21.9 Å². The average Bonchev–Trinajstić information content (AvgIpc) is 3.94. The zero-order valence-electron chi connectivity index (χ0n) is 41.2. The van der Waals surface area contributed by atoms with Crippen LogP contribution in [0.15, 0.2) is 198 Å². The molecule has 262 valence electrons. The van der Waals surface area contributed by atoms with Crippen LogP contribution in [0.5, 0.6) is 0 Å². The van der Waals surface area contributed by atoms with E-state index in [0.29, 0.717) is 33.7 Å². The Hall–Kier alpha value is -7.63. The van der Waals surface area contributed by atoms with Gasteiger partial charge in [0.05, 0.1) is 33.2 Å². The molecule has 0 unspecified atom stereocenters. The van der Waals surface area contributed by atoms with Crippen molar-refractivity contribution in [3.8, 4) is 62.1 Å². The first-order valence-electron chi connectivity index (χ1n) is 23.8. The molecular weight excluding hydrogens is 685 g/mol. The Morgan fingerprint density at radius 1 is 0.429 bits per heavy atom. The van der Waals surface area contributed by atoms with Crippen molar-refractivity contribution in [3.05, 3.63) is 194 Å². The van der Waals surface area contributed by atoms with Crippen LogP contribution in [-0.2, 0) is 0 Å². The quantitative estimate of drug-likeness (QED) is 0.171. The highest BCUT2D eigenvalue weighted by atomic mass is 16.3. The Kier molecular flexibility index (Phi) is 5.10. The summed E-state index contributed by atoms with van der Waals surface area (Å²) < 4.78 is 115. The van der Waals surface area contributed by atoms with Gasteiger partial charge in [-0.25, -0.2) is 15.0 Å². The molecule has 0 bridgehead atoms. The molecule has 0 N–H and O–H groups in total. The maximum atomic E-state index is 9.73. The molecule has 0 aliphatic heterocycles. The van der Waals surface area contributed by atoms with Crippen LogP contribution < -0.4 is 0 Å². The maximum absolute atomic E-state index is 9.73. The van der Waals surface area contributed by atoms with Gasteiger partial charge >= 0.3 is 0 Å². The lowest BCUT2D eigenvalue weighted by molar-refractivity contribution is 0.669. The van der Waals surface area contributed by atoms with Crippen LogP contribution in [0.3, 0.4) is 0 Å². The minimum atomic E-state index is -0.706. The van der Waals surface area contributed by atoms with Gasteiger partial charge in [0.1, 0.15) is 11.2 Å². The number of rotatable bonds is 6. The molecule has 0 aliphatic carbocycles. The van der Waals surface area contributed by atoms with Crippen LogP contribution in [0.4, 0.5) is 0 Å². The lowest BCUT2D eigenvalue weighted by Gasteiger charge is -2.16. The number of para-hydroxylation sites is 2. The molecule has 0 saturated heterocycles. The lowest BCUT2D eigenvalue weighted by Crippen LogP contribution is -2.04. The van der Waals surface area contributed by atoms with E-state index in [1.54, 1.807) is 6.07 Å². The van der Waals surface area contributed by atoms with E-state index < -0.39 is 83.6 Å². The van der Waals surface area contributed by atoms with Gasteiger partial charge in [-0.1, -0.05) is 151 Å². The van der Waals surface area contributed by atoms with Crippen molar-refractivity contribution in [1.29, 1.82) is 0 Å². The summed E-state index contributed by atoms with van der Waals surface area (Å²) in [6.07, 6.45) is 0. The summed E-state index contributed by atoms with van der Waals surface area (Å²) in [6, 6.07) is 29.9. The van der Waals surface area contributed by atoms with Gasteiger partial charge < -0.3 is 8.98 Å². The molecular formula is C51H32N4O. The number of nitrogens with zero attached hydrogens (tertiary/aromatic N) is 4. The van der Waals surface area contributed by atoms with E-state index in [1.807, 2.05) is 115 Å². The molecule has 0 amide bonds.